The molecule has 19 heavy (non-hydrogen) atoms. The van der Waals surface area contributed by atoms with E-state index in [1.165, 1.54) is 11.3 Å². The number of aliphatic hydroxyl groups is 1. The fraction of sp³-hybridized carbons (Fsp3) is 0.600. The summed E-state index contributed by atoms with van der Waals surface area (Å²) in [6.07, 6.45) is 0. The van der Waals surface area contributed by atoms with E-state index in [1.54, 1.807) is 0 Å². The molecule has 4 heteroatoms. The molecule has 0 amide bonds. The first kappa shape index (κ1) is 14.8. The van der Waals surface area contributed by atoms with Gasteiger partial charge in [0.25, 0.3) is 0 Å². The smallest absolute Gasteiger partial charge is 0.0604 e. The summed E-state index contributed by atoms with van der Waals surface area (Å²) in [5.74, 6) is 0.601. The van der Waals surface area contributed by atoms with E-state index >= 15 is 0 Å². The predicted molar refractivity (Wildman–Crippen MR) is 83.8 cm³/mol. The lowest BCUT2D eigenvalue weighted by molar-refractivity contribution is 0.151. The lowest BCUT2D eigenvalue weighted by Gasteiger charge is -2.30. The van der Waals surface area contributed by atoms with Gasteiger partial charge in [0.2, 0.25) is 0 Å². The summed E-state index contributed by atoms with van der Waals surface area (Å²) in [4.78, 5) is 4.69. The van der Waals surface area contributed by atoms with Gasteiger partial charge >= 0.3 is 0 Å². The van der Waals surface area contributed by atoms with Crippen molar-refractivity contribution in [3.8, 4) is 0 Å². The molecule has 0 aliphatic carbocycles. The molecule has 0 bridgehead atoms. The van der Waals surface area contributed by atoms with E-state index in [0.717, 1.165) is 24.1 Å². The molecule has 1 aromatic carbocycles. The molecule has 1 aliphatic heterocycles. The molecule has 1 saturated heterocycles. The first-order valence-corrected chi connectivity index (χ1v) is 7.62. The van der Waals surface area contributed by atoms with Crippen LogP contribution in [-0.2, 0) is 0 Å². The van der Waals surface area contributed by atoms with Crippen molar-refractivity contribution in [3.05, 3.63) is 28.2 Å². The Bertz CT molecular complexity index is 438. The average molecular weight is 327 g/mol. The minimum Gasteiger partial charge on any atom is -0.395 e. The Morgan fingerprint density at radius 3 is 2.68 bits per heavy atom. The Morgan fingerprint density at radius 2 is 2.05 bits per heavy atom. The van der Waals surface area contributed by atoms with Gasteiger partial charge in [-0.1, -0.05) is 22.9 Å². The average Bonchev–Trinajstić information content (AvgIpc) is 2.47. The van der Waals surface area contributed by atoms with Crippen molar-refractivity contribution in [2.45, 2.75) is 19.9 Å². The quantitative estimate of drug-likeness (QED) is 0.904. The van der Waals surface area contributed by atoms with Gasteiger partial charge in [0, 0.05) is 35.8 Å². The second kappa shape index (κ2) is 6.25. The van der Waals surface area contributed by atoms with Crippen molar-refractivity contribution in [2.75, 3.05) is 38.2 Å². The zero-order valence-corrected chi connectivity index (χ0v) is 13.5. The third kappa shape index (κ3) is 3.50. The molecular weight excluding hydrogens is 304 g/mol. The van der Waals surface area contributed by atoms with Crippen LogP contribution in [0.1, 0.15) is 12.5 Å². The van der Waals surface area contributed by atoms with Crippen LogP contribution in [0.15, 0.2) is 22.7 Å². The number of aryl methyl sites for hydroxylation is 1. The van der Waals surface area contributed by atoms with Gasteiger partial charge in [-0.2, -0.15) is 0 Å². The summed E-state index contributed by atoms with van der Waals surface area (Å²) in [6.45, 7) is 7.61. The topological polar surface area (TPSA) is 26.7 Å². The third-order valence-corrected chi connectivity index (χ3v) is 4.39. The molecule has 1 aromatic rings. The maximum Gasteiger partial charge on any atom is 0.0604 e. The fourth-order valence-corrected chi connectivity index (χ4v) is 3.39. The van der Waals surface area contributed by atoms with Crippen LogP contribution < -0.4 is 4.90 Å². The van der Waals surface area contributed by atoms with Gasteiger partial charge in [-0.25, -0.2) is 0 Å². The van der Waals surface area contributed by atoms with Crippen LogP contribution in [-0.4, -0.2) is 49.3 Å². The fourth-order valence-electron chi connectivity index (χ4n) is 2.91. The molecule has 1 N–H and O–H groups in total. The predicted octanol–water partition coefficient (Wildman–Crippen LogP) is 2.51. The van der Waals surface area contributed by atoms with E-state index in [2.05, 4.69) is 64.8 Å². The minimum absolute atomic E-state index is 0.216. The molecule has 1 fully saturated rings. The maximum atomic E-state index is 9.57. The number of hydrogen-bond donors (Lipinski definition) is 1. The van der Waals surface area contributed by atoms with Crippen molar-refractivity contribution in [2.24, 2.45) is 5.92 Å². The molecule has 106 valence electrons. The van der Waals surface area contributed by atoms with Gasteiger partial charge in [0.15, 0.2) is 0 Å². The number of halogens is 1. The molecule has 3 nitrogen and oxygen atoms in total. The number of rotatable bonds is 2. The van der Waals surface area contributed by atoms with Crippen LogP contribution >= 0.6 is 15.9 Å². The maximum absolute atomic E-state index is 9.57. The highest BCUT2D eigenvalue weighted by Crippen LogP contribution is 2.26. The van der Waals surface area contributed by atoms with Gasteiger partial charge in [0.05, 0.1) is 6.61 Å². The normalized spacial score (nSPS) is 25.4. The number of aliphatic hydroxyl groups excluding tert-OH is 1. The molecule has 0 radical (unpaired) electrons. The highest BCUT2D eigenvalue weighted by molar-refractivity contribution is 9.10. The van der Waals surface area contributed by atoms with Gasteiger partial charge in [0.1, 0.15) is 0 Å². The molecular formula is C15H23BrN2O. The number of anilines is 1. The van der Waals surface area contributed by atoms with E-state index in [0.29, 0.717) is 5.92 Å². The first-order valence-electron chi connectivity index (χ1n) is 6.83. The monoisotopic (exact) mass is 326 g/mol. The van der Waals surface area contributed by atoms with Gasteiger partial charge in [-0.05, 0) is 43.7 Å². The van der Waals surface area contributed by atoms with Gasteiger partial charge < -0.3 is 10.0 Å². The van der Waals surface area contributed by atoms with E-state index in [1.807, 2.05) is 0 Å². The second-order valence-corrected chi connectivity index (χ2v) is 6.63. The van der Waals surface area contributed by atoms with Gasteiger partial charge in [-0.15, -0.1) is 0 Å². The number of nitrogens with zero attached hydrogens (tertiary/aromatic N) is 2. The minimum atomic E-state index is 0.216. The SMILES string of the molecule is Cc1cc(Br)ccc1N1CC(C)CN(C)C(CO)C1. The molecule has 1 aliphatic rings. The Labute approximate surface area is 124 Å². The van der Waals surface area contributed by atoms with Crippen molar-refractivity contribution >= 4 is 21.6 Å². The summed E-state index contributed by atoms with van der Waals surface area (Å²) < 4.78 is 1.12. The van der Waals surface area contributed by atoms with E-state index in [9.17, 15) is 5.11 Å². The van der Waals surface area contributed by atoms with Crippen LogP contribution in [0.5, 0.6) is 0 Å². The molecule has 0 spiro atoms. The standard InChI is InChI=1S/C15H23BrN2O/c1-11-7-17(3)14(10-19)9-18(8-11)15-5-4-13(16)6-12(15)2/h4-6,11,14,19H,7-10H2,1-3H3. The Kier molecular flexibility index (Phi) is 4.87. The second-order valence-electron chi connectivity index (χ2n) is 5.72. The van der Waals surface area contributed by atoms with Crippen molar-refractivity contribution in [1.82, 2.24) is 4.90 Å². The Balaban J connectivity index is 2.26. The lowest BCUT2D eigenvalue weighted by atomic mass is 10.1. The summed E-state index contributed by atoms with van der Waals surface area (Å²) in [7, 11) is 2.11. The summed E-state index contributed by atoms with van der Waals surface area (Å²) in [6, 6.07) is 6.64. The van der Waals surface area contributed by atoms with E-state index < -0.39 is 0 Å². The number of hydrogen-bond acceptors (Lipinski definition) is 3. The lowest BCUT2D eigenvalue weighted by Crippen LogP contribution is -2.41. The van der Waals surface area contributed by atoms with E-state index in [4.69, 9.17) is 0 Å². The molecule has 0 saturated carbocycles. The van der Waals surface area contributed by atoms with Crippen LogP contribution in [0.3, 0.4) is 0 Å². The number of likely N-dealkylation sites (N-methyl/N-ethyl adjacent to an activating group) is 1. The summed E-state index contributed by atoms with van der Waals surface area (Å²) >= 11 is 3.52. The number of benzene rings is 1. The largest absolute Gasteiger partial charge is 0.395 e. The zero-order valence-electron chi connectivity index (χ0n) is 11.9. The van der Waals surface area contributed by atoms with Crippen LogP contribution in [0.2, 0.25) is 0 Å². The molecule has 0 aromatic heterocycles. The van der Waals surface area contributed by atoms with Crippen LogP contribution in [0.25, 0.3) is 0 Å². The highest BCUT2D eigenvalue weighted by atomic mass is 79.9. The Morgan fingerprint density at radius 1 is 1.32 bits per heavy atom. The molecule has 1 heterocycles. The molecule has 2 unspecified atom stereocenters. The first-order chi connectivity index (χ1) is 9.01. The van der Waals surface area contributed by atoms with Crippen molar-refractivity contribution < 1.29 is 5.11 Å². The summed E-state index contributed by atoms with van der Waals surface area (Å²) in [5.41, 5.74) is 2.56. The molecule has 2 rings (SSSR count). The zero-order chi connectivity index (χ0) is 14.0. The Hall–Kier alpha value is -0.580. The van der Waals surface area contributed by atoms with Crippen molar-refractivity contribution in [3.63, 3.8) is 0 Å². The van der Waals surface area contributed by atoms with E-state index in [-0.39, 0.29) is 12.6 Å². The highest BCUT2D eigenvalue weighted by Gasteiger charge is 2.26. The van der Waals surface area contributed by atoms with Gasteiger partial charge in [-0.3, -0.25) is 4.90 Å². The van der Waals surface area contributed by atoms with Crippen LogP contribution in [0, 0.1) is 12.8 Å². The van der Waals surface area contributed by atoms with Crippen LogP contribution in [0.4, 0.5) is 5.69 Å². The van der Waals surface area contributed by atoms with Crippen molar-refractivity contribution in [1.29, 1.82) is 0 Å². The molecule has 2 atom stereocenters. The third-order valence-electron chi connectivity index (χ3n) is 3.90. The summed E-state index contributed by atoms with van der Waals surface area (Å²) in [5, 5.41) is 9.57.